The molecule has 4 heteroatoms. The lowest BCUT2D eigenvalue weighted by Gasteiger charge is -2.10. The molecule has 2 aromatic rings. The summed E-state index contributed by atoms with van der Waals surface area (Å²) in [6.07, 6.45) is 0. The van der Waals surface area contributed by atoms with Crippen LogP contribution >= 0.6 is 11.6 Å². The monoisotopic (exact) mass is 278 g/mol. The minimum Gasteiger partial charge on any atom is -0.497 e. The van der Waals surface area contributed by atoms with Crippen LogP contribution in [0.1, 0.15) is 21.3 Å². The Morgan fingerprint density at radius 3 is 2.53 bits per heavy atom. The number of rotatable bonds is 4. The van der Waals surface area contributed by atoms with E-state index in [4.69, 9.17) is 16.3 Å². The average molecular weight is 279 g/mol. The minimum atomic E-state index is -0.840. The fourth-order valence-corrected chi connectivity index (χ4v) is 2.01. The third-order valence-electron chi connectivity index (χ3n) is 2.71. The number of ketones is 1. The van der Waals surface area contributed by atoms with Gasteiger partial charge in [0.2, 0.25) is 0 Å². The minimum absolute atomic E-state index is 0.195. The molecule has 19 heavy (non-hydrogen) atoms. The van der Waals surface area contributed by atoms with E-state index in [2.05, 4.69) is 0 Å². The second kappa shape index (κ2) is 5.85. The van der Waals surface area contributed by atoms with Crippen LogP contribution in [0.3, 0.4) is 0 Å². The molecular weight excluding hydrogens is 267 g/mol. The number of ether oxygens (including phenoxy) is 1. The summed E-state index contributed by atoms with van der Waals surface area (Å²) in [5.74, 6) is -0.592. The number of carbonyl (C=O) groups excluding carboxylic acids is 1. The van der Waals surface area contributed by atoms with Gasteiger partial charge in [-0.1, -0.05) is 30.3 Å². The van der Waals surface area contributed by atoms with E-state index in [0.29, 0.717) is 11.3 Å². The highest BCUT2D eigenvalue weighted by Gasteiger charge is 2.20. The zero-order valence-corrected chi connectivity index (χ0v) is 11.0. The Bertz CT molecular complexity index is 584. The third kappa shape index (κ3) is 3.12. The van der Waals surface area contributed by atoms with Gasteiger partial charge in [-0.15, -0.1) is 11.6 Å². The van der Waals surface area contributed by atoms with Gasteiger partial charge < -0.3 is 4.74 Å². The Morgan fingerprint density at radius 2 is 1.89 bits per heavy atom. The maximum atomic E-state index is 13.4. The molecule has 0 spiro atoms. The highest BCUT2D eigenvalue weighted by Crippen LogP contribution is 2.27. The molecule has 0 amide bonds. The summed E-state index contributed by atoms with van der Waals surface area (Å²) in [5, 5.41) is -0.840. The lowest BCUT2D eigenvalue weighted by atomic mass is 10.0. The molecule has 0 N–H and O–H groups in total. The number of halogens is 2. The van der Waals surface area contributed by atoms with Crippen molar-refractivity contribution >= 4 is 17.4 Å². The molecule has 1 atom stereocenters. The molecule has 98 valence electrons. The Hall–Kier alpha value is -1.87. The van der Waals surface area contributed by atoms with Crippen molar-refractivity contribution in [1.29, 1.82) is 0 Å². The lowest BCUT2D eigenvalue weighted by molar-refractivity contribution is 0.0986. The predicted octanol–water partition coefficient (Wildman–Crippen LogP) is 4.00. The fraction of sp³-hybridized carbons (Fsp3) is 0.133. The van der Waals surface area contributed by atoms with Crippen LogP contribution in [0.2, 0.25) is 0 Å². The summed E-state index contributed by atoms with van der Waals surface area (Å²) in [7, 11) is 1.42. The zero-order chi connectivity index (χ0) is 13.8. The first-order chi connectivity index (χ1) is 9.11. The van der Waals surface area contributed by atoms with Crippen LogP contribution in [-0.2, 0) is 0 Å². The van der Waals surface area contributed by atoms with Crippen LogP contribution in [0.15, 0.2) is 48.5 Å². The molecule has 0 aliphatic rings. The molecule has 0 fully saturated rings. The summed E-state index contributed by atoms with van der Waals surface area (Å²) in [6.45, 7) is 0. The van der Waals surface area contributed by atoms with Crippen LogP contribution in [0, 0.1) is 5.82 Å². The van der Waals surface area contributed by atoms with E-state index in [-0.39, 0.29) is 11.3 Å². The Kier molecular flexibility index (Phi) is 4.17. The molecule has 1 unspecified atom stereocenters. The first-order valence-corrected chi connectivity index (χ1v) is 6.13. The molecule has 2 aromatic carbocycles. The third-order valence-corrected chi connectivity index (χ3v) is 3.16. The van der Waals surface area contributed by atoms with Gasteiger partial charge in [0.15, 0.2) is 5.78 Å². The highest BCUT2D eigenvalue weighted by atomic mass is 35.5. The van der Waals surface area contributed by atoms with Crippen molar-refractivity contribution in [3.63, 3.8) is 0 Å². The van der Waals surface area contributed by atoms with Gasteiger partial charge in [0.05, 0.1) is 7.11 Å². The lowest BCUT2D eigenvalue weighted by Crippen LogP contribution is -2.08. The predicted molar refractivity (Wildman–Crippen MR) is 72.3 cm³/mol. The van der Waals surface area contributed by atoms with Crippen LogP contribution in [-0.4, -0.2) is 12.9 Å². The van der Waals surface area contributed by atoms with Crippen molar-refractivity contribution in [2.75, 3.05) is 7.11 Å². The van der Waals surface area contributed by atoms with Crippen molar-refractivity contribution in [3.8, 4) is 5.75 Å². The number of Topliss-reactive ketones (excluding diaryl/α,β-unsaturated/α-hetero) is 1. The molecule has 0 aliphatic heterocycles. The normalized spacial score (nSPS) is 11.9. The van der Waals surface area contributed by atoms with E-state index in [1.165, 1.54) is 19.2 Å². The molecule has 2 nitrogen and oxygen atoms in total. The van der Waals surface area contributed by atoms with Gasteiger partial charge in [0, 0.05) is 11.6 Å². The van der Waals surface area contributed by atoms with E-state index in [9.17, 15) is 9.18 Å². The maximum absolute atomic E-state index is 13.4. The first-order valence-electron chi connectivity index (χ1n) is 5.69. The topological polar surface area (TPSA) is 26.3 Å². The van der Waals surface area contributed by atoms with Gasteiger partial charge in [0.25, 0.3) is 0 Å². The van der Waals surface area contributed by atoms with E-state index in [1.54, 1.807) is 24.3 Å². The molecule has 2 rings (SSSR count). The molecule has 0 radical (unpaired) electrons. The average Bonchev–Trinajstić information content (AvgIpc) is 2.46. The SMILES string of the molecule is COc1cc(F)cc(C(=O)C(Cl)c2ccccc2)c1. The van der Waals surface area contributed by atoms with Gasteiger partial charge in [-0.3, -0.25) is 4.79 Å². The Labute approximate surface area is 115 Å². The van der Waals surface area contributed by atoms with Crippen molar-refractivity contribution in [2.24, 2.45) is 0 Å². The second-order valence-corrected chi connectivity index (χ2v) is 4.45. The summed E-state index contributed by atoms with van der Waals surface area (Å²) in [4.78, 5) is 12.2. The molecule has 0 aliphatic carbocycles. The van der Waals surface area contributed by atoms with Crippen LogP contribution in [0.25, 0.3) is 0 Å². The Balaban J connectivity index is 2.31. The van der Waals surface area contributed by atoms with Gasteiger partial charge in [-0.2, -0.15) is 0 Å². The largest absolute Gasteiger partial charge is 0.497 e. The van der Waals surface area contributed by atoms with Crippen molar-refractivity contribution in [2.45, 2.75) is 5.38 Å². The molecule has 0 saturated carbocycles. The van der Waals surface area contributed by atoms with Crippen LogP contribution in [0.4, 0.5) is 4.39 Å². The fourth-order valence-electron chi connectivity index (χ4n) is 1.74. The van der Waals surface area contributed by atoms with Crippen LogP contribution < -0.4 is 4.74 Å². The van der Waals surface area contributed by atoms with Gasteiger partial charge >= 0.3 is 0 Å². The van der Waals surface area contributed by atoms with Gasteiger partial charge in [-0.25, -0.2) is 4.39 Å². The van der Waals surface area contributed by atoms with Gasteiger partial charge in [0.1, 0.15) is 16.9 Å². The van der Waals surface area contributed by atoms with Crippen molar-refractivity contribution < 1.29 is 13.9 Å². The zero-order valence-electron chi connectivity index (χ0n) is 10.3. The van der Waals surface area contributed by atoms with E-state index in [0.717, 1.165) is 6.07 Å². The van der Waals surface area contributed by atoms with E-state index in [1.807, 2.05) is 6.07 Å². The highest BCUT2D eigenvalue weighted by molar-refractivity contribution is 6.33. The summed E-state index contributed by atoms with van der Waals surface area (Å²) >= 11 is 6.13. The standard InChI is InChI=1S/C15H12ClFO2/c1-19-13-8-11(7-12(17)9-13)15(18)14(16)10-5-3-2-4-6-10/h2-9,14H,1H3. The summed E-state index contributed by atoms with van der Waals surface area (Å²) in [5.41, 5.74) is 0.873. The van der Waals surface area contributed by atoms with E-state index >= 15 is 0 Å². The number of alkyl halides is 1. The smallest absolute Gasteiger partial charge is 0.185 e. The Morgan fingerprint density at radius 1 is 1.21 bits per heavy atom. The second-order valence-electron chi connectivity index (χ2n) is 4.02. The van der Waals surface area contributed by atoms with Crippen LogP contribution in [0.5, 0.6) is 5.75 Å². The van der Waals surface area contributed by atoms with E-state index < -0.39 is 11.2 Å². The number of hydrogen-bond donors (Lipinski definition) is 0. The molecule has 0 aromatic heterocycles. The summed E-state index contributed by atoms with van der Waals surface area (Å²) in [6, 6.07) is 12.8. The quantitative estimate of drug-likeness (QED) is 0.624. The van der Waals surface area contributed by atoms with Crippen molar-refractivity contribution in [1.82, 2.24) is 0 Å². The summed E-state index contributed by atoms with van der Waals surface area (Å²) < 4.78 is 18.3. The number of benzene rings is 2. The van der Waals surface area contributed by atoms with Crippen molar-refractivity contribution in [3.05, 3.63) is 65.5 Å². The van der Waals surface area contributed by atoms with Gasteiger partial charge in [-0.05, 0) is 17.7 Å². The first kappa shape index (κ1) is 13.6. The maximum Gasteiger partial charge on any atom is 0.185 e. The molecular formula is C15H12ClFO2. The molecule has 0 bridgehead atoms. The molecule has 0 saturated heterocycles. The number of carbonyl (C=O) groups is 1. The number of methoxy groups -OCH3 is 1. The molecule has 0 heterocycles. The number of hydrogen-bond acceptors (Lipinski definition) is 2.